The molecule has 0 aliphatic carbocycles. The van der Waals surface area contributed by atoms with E-state index in [0.29, 0.717) is 27.6 Å². The number of hydrogen-bond donors (Lipinski definition) is 1. The molecule has 7 heteroatoms. The predicted molar refractivity (Wildman–Crippen MR) is 106 cm³/mol. The van der Waals surface area contributed by atoms with Crippen molar-refractivity contribution in [2.45, 2.75) is 6.10 Å². The number of thiophene rings is 1. The average Bonchev–Trinajstić information content (AvgIpc) is 3.28. The molecule has 0 amide bonds. The van der Waals surface area contributed by atoms with E-state index in [9.17, 15) is 5.11 Å². The molecule has 1 unspecified atom stereocenters. The monoisotopic (exact) mass is 446 g/mol. The summed E-state index contributed by atoms with van der Waals surface area (Å²) in [4.78, 5) is 5.00. The lowest BCUT2D eigenvalue weighted by atomic mass is 9.97. The van der Waals surface area contributed by atoms with Crippen LogP contribution in [-0.2, 0) is 0 Å². The lowest BCUT2D eigenvalue weighted by Crippen LogP contribution is -2.02. The average molecular weight is 448 g/mol. The molecule has 3 aromatic heterocycles. The van der Waals surface area contributed by atoms with Gasteiger partial charge in [0.15, 0.2) is 5.76 Å². The first-order chi connectivity index (χ1) is 12.6. The van der Waals surface area contributed by atoms with Gasteiger partial charge >= 0.3 is 0 Å². The van der Waals surface area contributed by atoms with Crippen molar-refractivity contribution in [1.29, 1.82) is 0 Å². The normalized spacial score (nSPS) is 12.3. The van der Waals surface area contributed by atoms with Crippen LogP contribution in [0.4, 0.5) is 0 Å². The fraction of sp³-hybridized carbons (Fsp3) is 0.0526. The number of rotatable bonds is 4. The molecule has 0 saturated heterocycles. The van der Waals surface area contributed by atoms with Gasteiger partial charge in [-0.25, -0.2) is 0 Å². The molecule has 0 aliphatic heterocycles. The summed E-state index contributed by atoms with van der Waals surface area (Å²) >= 11 is 11.1. The molecule has 0 radical (unpaired) electrons. The Labute approximate surface area is 167 Å². The van der Waals surface area contributed by atoms with Gasteiger partial charge in [0.2, 0.25) is 0 Å². The van der Waals surface area contributed by atoms with Gasteiger partial charge < -0.3 is 9.63 Å². The van der Waals surface area contributed by atoms with Crippen molar-refractivity contribution in [3.8, 4) is 21.9 Å². The van der Waals surface area contributed by atoms with E-state index in [2.05, 4.69) is 26.1 Å². The first-order valence-electron chi connectivity index (χ1n) is 7.72. The van der Waals surface area contributed by atoms with Crippen LogP contribution in [0.15, 0.2) is 69.2 Å². The molecule has 1 N–H and O–H groups in total. The summed E-state index contributed by atoms with van der Waals surface area (Å²) < 4.78 is 6.62. The highest BCUT2D eigenvalue weighted by molar-refractivity contribution is 9.11. The maximum atomic E-state index is 11.1. The molecule has 0 saturated carbocycles. The van der Waals surface area contributed by atoms with E-state index in [1.54, 1.807) is 30.6 Å². The Kier molecular flexibility index (Phi) is 4.91. The molecular weight excluding hydrogens is 436 g/mol. The Balaban J connectivity index is 1.91. The molecule has 0 fully saturated rings. The highest BCUT2D eigenvalue weighted by atomic mass is 79.9. The summed E-state index contributed by atoms with van der Waals surface area (Å²) in [7, 11) is 0. The van der Waals surface area contributed by atoms with Crippen LogP contribution in [-0.4, -0.2) is 15.2 Å². The van der Waals surface area contributed by atoms with Crippen LogP contribution in [0.25, 0.3) is 21.9 Å². The van der Waals surface area contributed by atoms with E-state index in [0.717, 1.165) is 14.2 Å². The third-order valence-electron chi connectivity index (χ3n) is 3.89. The standard InChI is InChI=1S/C19H12BrClN2O2S/c20-15-7-6-14(26-15)17-16(18(24)12-4-2-8-22-10-12)19(25-23-17)11-3-1-5-13(21)9-11/h1-10,18,24H. The number of pyridine rings is 1. The van der Waals surface area contributed by atoms with Gasteiger partial charge in [0, 0.05) is 28.5 Å². The maximum absolute atomic E-state index is 11.1. The fourth-order valence-corrected chi connectivity index (χ4v) is 4.28. The lowest BCUT2D eigenvalue weighted by Gasteiger charge is -2.12. The largest absolute Gasteiger partial charge is 0.383 e. The van der Waals surface area contributed by atoms with Gasteiger partial charge in [0.25, 0.3) is 0 Å². The van der Waals surface area contributed by atoms with Gasteiger partial charge in [-0.2, -0.15) is 0 Å². The van der Waals surface area contributed by atoms with Crippen LogP contribution in [0.2, 0.25) is 5.02 Å². The van der Waals surface area contributed by atoms with Crippen LogP contribution in [0, 0.1) is 0 Å². The minimum absolute atomic E-state index is 0.489. The van der Waals surface area contributed by atoms with Gasteiger partial charge in [-0.05, 0) is 46.3 Å². The topological polar surface area (TPSA) is 59.2 Å². The minimum Gasteiger partial charge on any atom is -0.383 e. The molecule has 0 bridgehead atoms. The minimum atomic E-state index is -0.931. The van der Waals surface area contributed by atoms with Gasteiger partial charge in [-0.15, -0.1) is 11.3 Å². The summed E-state index contributed by atoms with van der Waals surface area (Å²) in [5, 5.41) is 15.9. The van der Waals surface area contributed by atoms with Crippen LogP contribution in [0.1, 0.15) is 17.2 Å². The van der Waals surface area contributed by atoms with E-state index in [1.807, 2.05) is 30.3 Å². The van der Waals surface area contributed by atoms with E-state index in [4.69, 9.17) is 16.1 Å². The number of benzene rings is 1. The van der Waals surface area contributed by atoms with Crippen molar-refractivity contribution in [3.05, 3.63) is 80.9 Å². The molecule has 4 rings (SSSR count). The number of aliphatic hydroxyl groups excluding tert-OH is 1. The molecule has 4 nitrogen and oxygen atoms in total. The van der Waals surface area contributed by atoms with Crippen molar-refractivity contribution in [2.24, 2.45) is 0 Å². The zero-order valence-corrected chi connectivity index (χ0v) is 16.4. The number of nitrogens with zero attached hydrogens (tertiary/aromatic N) is 2. The molecule has 4 aromatic rings. The van der Waals surface area contributed by atoms with Crippen LogP contribution in [0.5, 0.6) is 0 Å². The van der Waals surface area contributed by atoms with E-state index >= 15 is 0 Å². The number of hydrogen-bond acceptors (Lipinski definition) is 5. The quantitative estimate of drug-likeness (QED) is 0.419. The zero-order chi connectivity index (χ0) is 18.1. The summed E-state index contributed by atoms with van der Waals surface area (Å²) in [5.41, 5.74) is 2.61. The van der Waals surface area contributed by atoms with Gasteiger partial charge in [-0.3, -0.25) is 4.98 Å². The molecule has 130 valence electrons. The van der Waals surface area contributed by atoms with Gasteiger partial charge in [0.05, 0.1) is 14.2 Å². The van der Waals surface area contributed by atoms with Crippen molar-refractivity contribution < 1.29 is 9.63 Å². The highest BCUT2D eigenvalue weighted by Crippen LogP contribution is 2.42. The molecular formula is C19H12BrClN2O2S. The van der Waals surface area contributed by atoms with Crippen LogP contribution >= 0.6 is 38.9 Å². The maximum Gasteiger partial charge on any atom is 0.173 e. The number of aliphatic hydroxyl groups is 1. The highest BCUT2D eigenvalue weighted by Gasteiger charge is 2.27. The Morgan fingerprint density at radius 1 is 1.15 bits per heavy atom. The summed E-state index contributed by atoms with van der Waals surface area (Å²) in [5.74, 6) is 0.489. The smallest absolute Gasteiger partial charge is 0.173 e. The molecule has 26 heavy (non-hydrogen) atoms. The Morgan fingerprint density at radius 3 is 2.73 bits per heavy atom. The van der Waals surface area contributed by atoms with Crippen molar-refractivity contribution in [2.75, 3.05) is 0 Å². The Hall–Kier alpha value is -1.99. The molecule has 3 heterocycles. The van der Waals surface area contributed by atoms with Gasteiger partial charge in [0.1, 0.15) is 11.8 Å². The van der Waals surface area contributed by atoms with Crippen LogP contribution < -0.4 is 0 Å². The molecule has 1 atom stereocenters. The predicted octanol–water partition coefficient (Wildman–Crippen LogP) is 5.96. The van der Waals surface area contributed by atoms with Crippen molar-refractivity contribution >= 4 is 38.9 Å². The first kappa shape index (κ1) is 17.4. The lowest BCUT2D eigenvalue weighted by molar-refractivity contribution is 0.220. The van der Waals surface area contributed by atoms with E-state index in [1.165, 1.54) is 11.3 Å². The van der Waals surface area contributed by atoms with Crippen molar-refractivity contribution in [1.82, 2.24) is 10.1 Å². The van der Waals surface area contributed by atoms with E-state index in [-0.39, 0.29) is 0 Å². The van der Waals surface area contributed by atoms with Crippen LogP contribution in [0.3, 0.4) is 0 Å². The van der Waals surface area contributed by atoms with Crippen molar-refractivity contribution in [3.63, 3.8) is 0 Å². The van der Waals surface area contributed by atoms with Gasteiger partial charge in [-0.1, -0.05) is 35.0 Å². The molecule has 0 spiro atoms. The third-order valence-corrected chi connectivity index (χ3v) is 5.76. The summed E-state index contributed by atoms with van der Waals surface area (Å²) in [6, 6.07) is 14.8. The SMILES string of the molecule is OC(c1cccnc1)c1c(-c2ccc(Br)s2)noc1-c1cccc(Cl)c1. The second-order valence-electron chi connectivity index (χ2n) is 5.58. The fourth-order valence-electron chi connectivity index (χ4n) is 2.71. The summed E-state index contributed by atoms with van der Waals surface area (Å²) in [6.45, 7) is 0. The second-order valence-corrected chi connectivity index (χ2v) is 8.48. The molecule has 1 aromatic carbocycles. The number of aromatic nitrogens is 2. The second kappa shape index (κ2) is 7.32. The zero-order valence-electron chi connectivity index (χ0n) is 13.3. The number of halogens is 2. The first-order valence-corrected chi connectivity index (χ1v) is 9.71. The Morgan fingerprint density at radius 2 is 2.04 bits per heavy atom. The third kappa shape index (κ3) is 3.33. The summed E-state index contributed by atoms with van der Waals surface area (Å²) in [6.07, 6.45) is 2.37. The molecule has 0 aliphatic rings. The Bertz CT molecular complexity index is 1050. The van der Waals surface area contributed by atoms with E-state index < -0.39 is 6.10 Å².